The predicted octanol–water partition coefficient (Wildman–Crippen LogP) is 4.74. The summed E-state index contributed by atoms with van der Waals surface area (Å²) in [7, 11) is 1.64. The lowest BCUT2D eigenvalue weighted by Crippen LogP contribution is -2.15. The first-order valence-corrected chi connectivity index (χ1v) is 7.61. The zero-order valence-electron chi connectivity index (χ0n) is 11.6. The van der Waals surface area contributed by atoms with Crippen LogP contribution in [0.15, 0.2) is 18.2 Å². The van der Waals surface area contributed by atoms with Crippen LogP contribution in [0.5, 0.6) is 5.75 Å². The monoisotopic (exact) mass is 282 g/mol. The van der Waals surface area contributed by atoms with Gasteiger partial charge in [0.2, 0.25) is 0 Å². The Morgan fingerprint density at radius 1 is 1.16 bits per heavy atom. The first-order chi connectivity index (χ1) is 9.22. The largest absolute Gasteiger partial charge is 0.496 e. The Labute approximate surface area is 120 Å². The van der Waals surface area contributed by atoms with E-state index < -0.39 is 6.10 Å². The highest BCUT2D eigenvalue weighted by molar-refractivity contribution is 6.30. The molecule has 0 spiro atoms. The zero-order valence-corrected chi connectivity index (χ0v) is 12.3. The summed E-state index contributed by atoms with van der Waals surface area (Å²) in [5.41, 5.74) is 0.834. The molecule has 0 bridgehead atoms. The molecule has 19 heavy (non-hydrogen) atoms. The Morgan fingerprint density at radius 3 is 2.42 bits per heavy atom. The Morgan fingerprint density at radius 2 is 1.79 bits per heavy atom. The summed E-state index contributed by atoms with van der Waals surface area (Å²) in [6, 6.07) is 5.47. The molecule has 1 aliphatic carbocycles. The number of hydrogen-bond acceptors (Lipinski definition) is 2. The second-order valence-electron chi connectivity index (χ2n) is 5.44. The lowest BCUT2D eigenvalue weighted by Gasteiger charge is -2.26. The fourth-order valence-electron chi connectivity index (χ4n) is 2.99. The molecule has 2 rings (SSSR count). The van der Waals surface area contributed by atoms with Gasteiger partial charge in [-0.15, -0.1) is 0 Å². The summed E-state index contributed by atoms with van der Waals surface area (Å²) < 4.78 is 5.35. The third-order valence-electron chi connectivity index (χ3n) is 4.11. The molecule has 1 aromatic carbocycles. The maximum absolute atomic E-state index is 10.7. The van der Waals surface area contributed by atoms with E-state index in [9.17, 15) is 5.11 Å². The van der Waals surface area contributed by atoms with Gasteiger partial charge in [0.1, 0.15) is 5.75 Å². The molecule has 0 amide bonds. The highest BCUT2D eigenvalue weighted by atomic mass is 35.5. The van der Waals surface area contributed by atoms with Crippen LogP contribution in [0.25, 0.3) is 0 Å². The number of methoxy groups -OCH3 is 1. The van der Waals surface area contributed by atoms with Gasteiger partial charge in [-0.3, -0.25) is 0 Å². The van der Waals surface area contributed by atoms with Crippen LogP contribution in [0.4, 0.5) is 0 Å². The fraction of sp³-hybridized carbons (Fsp3) is 0.625. The number of hydrogen-bond donors (Lipinski definition) is 1. The van der Waals surface area contributed by atoms with Crippen molar-refractivity contribution >= 4 is 11.6 Å². The van der Waals surface area contributed by atoms with E-state index in [1.54, 1.807) is 13.2 Å². The van der Waals surface area contributed by atoms with Crippen molar-refractivity contribution < 1.29 is 9.84 Å². The van der Waals surface area contributed by atoms with Crippen molar-refractivity contribution in [2.24, 2.45) is 5.92 Å². The summed E-state index contributed by atoms with van der Waals surface area (Å²) >= 11 is 6.05. The number of halogens is 1. The van der Waals surface area contributed by atoms with Gasteiger partial charge in [-0.2, -0.15) is 0 Å². The zero-order chi connectivity index (χ0) is 13.7. The van der Waals surface area contributed by atoms with Crippen LogP contribution in [0, 0.1) is 5.92 Å². The Bertz CT molecular complexity index is 398. The average molecular weight is 283 g/mol. The minimum absolute atomic E-state index is 0.327. The van der Waals surface area contributed by atoms with E-state index in [0.29, 0.717) is 10.9 Å². The van der Waals surface area contributed by atoms with Crippen molar-refractivity contribution in [1.82, 2.24) is 0 Å². The van der Waals surface area contributed by atoms with Gasteiger partial charge < -0.3 is 9.84 Å². The molecule has 1 aliphatic rings. The van der Waals surface area contributed by atoms with Crippen LogP contribution in [0.1, 0.15) is 56.6 Å². The Balaban J connectivity index is 2.16. The molecule has 0 heterocycles. The van der Waals surface area contributed by atoms with Crippen molar-refractivity contribution in [2.45, 2.75) is 51.0 Å². The predicted molar refractivity (Wildman–Crippen MR) is 78.8 cm³/mol. The van der Waals surface area contributed by atoms with Gasteiger partial charge in [-0.1, -0.05) is 43.7 Å². The molecule has 0 saturated heterocycles. The molecule has 0 aliphatic heterocycles. The first kappa shape index (κ1) is 14.7. The lowest BCUT2D eigenvalue weighted by molar-refractivity contribution is 0.0888. The van der Waals surface area contributed by atoms with Crippen LogP contribution in [0.3, 0.4) is 0 Å². The highest BCUT2D eigenvalue weighted by Gasteiger charge is 2.24. The molecule has 1 aromatic rings. The van der Waals surface area contributed by atoms with E-state index in [-0.39, 0.29) is 0 Å². The summed E-state index contributed by atoms with van der Waals surface area (Å²) in [4.78, 5) is 0. The quantitative estimate of drug-likeness (QED) is 0.867. The maximum Gasteiger partial charge on any atom is 0.124 e. The van der Waals surface area contributed by atoms with Gasteiger partial charge >= 0.3 is 0 Å². The van der Waals surface area contributed by atoms with Crippen molar-refractivity contribution in [2.75, 3.05) is 7.11 Å². The molecule has 1 unspecified atom stereocenters. The Kier molecular flexibility index (Phi) is 5.53. The lowest BCUT2D eigenvalue weighted by atomic mass is 9.84. The molecule has 1 atom stereocenters. The molecule has 2 nitrogen and oxygen atoms in total. The van der Waals surface area contributed by atoms with E-state index in [4.69, 9.17) is 16.3 Å². The van der Waals surface area contributed by atoms with Gasteiger partial charge in [0, 0.05) is 10.6 Å². The average Bonchev–Trinajstić information content (AvgIpc) is 2.37. The normalized spacial score (nSPS) is 19.5. The molecular formula is C16H23ClO2. The standard InChI is InChI=1S/C16H23ClO2/c1-19-15-10-9-13(17)11-14(15)16(18)12-7-5-3-2-4-6-8-12/h9-12,16,18H,2-8H2,1H3. The highest BCUT2D eigenvalue weighted by Crippen LogP contribution is 2.37. The van der Waals surface area contributed by atoms with E-state index in [2.05, 4.69) is 0 Å². The van der Waals surface area contributed by atoms with Gasteiger partial charge in [-0.05, 0) is 37.0 Å². The van der Waals surface area contributed by atoms with Gasteiger partial charge in [0.05, 0.1) is 13.2 Å². The van der Waals surface area contributed by atoms with Gasteiger partial charge in [0.25, 0.3) is 0 Å². The molecule has 0 radical (unpaired) electrons. The summed E-state index contributed by atoms with van der Waals surface area (Å²) in [6.45, 7) is 0. The molecule has 0 aromatic heterocycles. The van der Waals surface area contributed by atoms with Crippen LogP contribution in [-0.2, 0) is 0 Å². The molecule has 3 heteroatoms. The minimum atomic E-state index is -0.466. The van der Waals surface area contributed by atoms with Crippen molar-refractivity contribution in [3.63, 3.8) is 0 Å². The Hall–Kier alpha value is -0.730. The molecule has 1 fully saturated rings. The second kappa shape index (κ2) is 7.16. The molecule has 1 saturated carbocycles. The van der Waals surface area contributed by atoms with Crippen molar-refractivity contribution in [1.29, 1.82) is 0 Å². The molecule has 1 N–H and O–H groups in total. The summed E-state index contributed by atoms with van der Waals surface area (Å²) in [5, 5.41) is 11.3. The smallest absolute Gasteiger partial charge is 0.124 e. The topological polar surface area (TPSA) is 29.5 Å². The van der Waals surface area contributed by atoms with E-state index in [1.165, 1.54) is 32.1 Å². The summed E-state index contributed by atoms with van der Waals surface area (Å²) in [6.07, 6.45) is 8.06. The third kappa shape index (κ3) is 3.87. The third-order valence-corrected chi connectivity index (χ3v) is 4.34. The SMILES string of the molecule is COc1ccc(Cl)cc1C(O)C1CCCCCCC1. The fourth-order valence-corrected chi connectivity index (χ4v) is 3.17. The number of aliphatic hydroxyl groups is 1. The van der Waals surface area contributed by atoms with E-state index >= 15 is 0 Å². The minimum Gasteiger partial charge on any atom is -0.496 e. The van der Waals surface area contributed by atoms with Gasteiger partial charge in [0.15, 0.2) is 0 Å². The van der Waals surface area contributed by atoms with Crippen molar-refractivity contribution in [3.05, 3.63) is 28.8 Å². The van der Waals surface area contributed by atoms with Crippen LogP contribution in [-0.4, -0.2) is 12.2 Å². The van der Waals surface area contributed by atoms with Crippen LogP contribution < -0.4 is 4.74 Å². The van der Waals surface area contributed by atoms with Crippen molar-refractivity contribution in [3.8, 4) is 5.75 Å². The second-order valence-corrected chi connectivity index (χ2v) is 5.87. The van der Waals surface area contributed by atoms with Gasteiger partial charge in [-0.25, -0.2) is 0 Å². The van der Waals surface area contributed by atoms with E-state index in [0.717, 1.165) is 24.2 Å². The number of aliphatic hydroxyl groups excluding tert-OH is 1. The number of ether oxygens (including phenoxy) is 1. The molecule has 106 valence electrons. The number of benzene rings is 1. The summed E-state index contributed by atoms with van der Waals surface area (Å²) in [5.74, 6) is 1.06. The van der Waals surface area contributed by atoms with E-state index in [1.807, 2.05) is 12.1 Å². The first-order valence-electron chi connectivity index (χ1n) is 7.24. The maximum atomic E-state index is 10.7. The number of rotatable bonds is 3. The molecular weight excluding hydrogens is 260 g/mol. The van der Waals surface area contributed by atoms with Crippen LogP contribution >= 0.6 is 11.6 Å². The van der Waals surface area contributed by atoms with Crippen LogP contribution in [0.2, 0.25) is 5.02 Å².